The van der Waals surface area contributed by atoms with Crippen molar-refractivity contribution in [3.05, 3.63) is 0 Å². The third-order valence-electron chi connectivity index (χ3n) is 0.896. The quantitative estimate of drug-likeness (QED) is 0.342. The molecule has 0 aliphatic rings. The van der Waals surface area contributed by atoms with E-state index in [2.05, 4.69) is 10.9 Å². The van der Waals surface area contributed by atoms with Gasteiger partial charge in [-0.25, -0.2) is 10.2 Å². The third kappa shape index (κ3) is 7.19. The zero-order chi connectivity index (χ0) is 7.98. The van der Waals surface area contributed by atoms with Gasteiger partial charge in [0.2, 0.25) is 0 Å². The highest BCUT2D eigenvalue weighted by molar-refractivity contribution is 5.70. The Balaban J connectivity index is 2.98. The van der Waals surface area contributed by atoms with Gasteiger partial charge >= 0.3 is 6.03 Å². The molecule has 0 heterocycles. The van der Waals surface area contributed by atoms with Gasteiger partial charge in [0.1, 0.15) is 0 Å². The Hall–Kier alpha value is -0.810. The zero-order valence-corrected chi connectivity index (χ0v) is 6.35. The average molecular weight is 146 g/mol. The molecular weight excluding hydrogens is 132 g/mol. The minimum absolute atomic E-state index is 0.557. The van der Waals surface area contributed by atoms with E-state index in [9.17, 15) is 4.79 Å². The van der Waals surface area contributed by atoms with Gasteiger partial charge in [0.25, 0.3) is 0 Å². The van der Waals surface area contributed by atoms with Crippen LogP contribution in [0, 0.1) is 0 Å². The van der Waals surface area contributed by atoms with Crippen molar-refractivity contribution in [2.45, 2.75) is 0 Å². The lowest BCUT2D eigenvalue weighted by atomic mass is 10.6. The van der Waals surface area contributed by atoms with Crippen molar-refractivity contribution >= 4 is 6.03 Å². The summed E-state index contributed by atoms with van der Waals surface area (Å²) >= 11 is 0. The number of hydrogen-bond donors (Lipinski definition) is 3. The summed E-state index contributed by atoms with van der Waals surface area (Å²) in [5, 5.41) is 0. The molecule has 0 fully saturated rings. The molecule has 0 bridgehead atoms. The van der Waals surface area contributed by atoms with Gasteiger partial charge in [0.05, 0.1) is 0 Å². The molecular formula is C5H14N4O. The Morgan fingerprint density at radius 2 is 2.20 bits per heavy atom. The number of amides is 2. The first-order chi connectivity index (χ1) is 4.63. The van der Waals surface area contributed by atoms with Crippen LogP contribution in [0.15, 0.2) is 0 Å². The lowest BCUT2D eigenvalue weighted by Crippen LogP contribution is -2.43. The van der Waals surface area contributed by atoms with Crippen LogP contribution in [0.25, 0.3) is 0 Å². The zero-order valence-electron chi connectivity index (χ0n) is 6.35. The molecule has 0 aromatic carbocycles. The maximum Gasteiger partial charge on any atom is 0.326 e. The molecule has 2 amide bonds. The van der Waals surface area contributed by atoms with E-state index < -0.39 is 6.03 Å². The first kappa shape index (κ1) is 9.19. The van der Waals surface area contributed by atoms with E-state index in [0.29, 0.717) is 6.54 Å². The van der Waals surface area contributed by atoms with Crippen LogP contribution < -0.4 is 16.6 Å². The number of nitrogens with two attached hydrogens (primary N) is 1. The van der Waals surface area contributed by atoms with Gasteiger partial charge in [-0.15, -0.1) is 0 Å². The largest absolute Gasteiger partial charge is 0.351 e. The van der Waals surface area contributed by atoms with Crippen LogP contribution in [-0.2, 0) is 0 Å². The Morgan fingerprint density at radius 3 is 2.60 bits per heavy atom. The smallest absolute Gasteiger partial charge is 0.326 e. The third-order valence-corrected chi connectivity index (χ3v) is 0.896. The van der Waals surface area contributed by atoms with Crippen molar-refractivity contribution in [3.63, 3.8) is 0 Å². The van der Waals surface area contributed by atoms with E-state index in [-0.39, 0.29) is 0 Å². The summed E-state index contributed by atoms with van der Waals surface area (Å²) in [7, 11) is 3.90. The molecule has 0 unspecified atom stereocenters. The van der Waals surface area contributed by atoms with Crippen LogP contribution in [0.4, 0.5) is 4.79 Å². The fraction of sp³-hybridized carbons (Fsp3) is 0.800. The molecule has 10 heavy (non-hydrogen) atoms. The van der Waals surface area contributed by atoms with Crippen molar-refractivity contribution in [2.75, 3.05) is 27.2 Å². The lowest BCUT2D eigenvalue weighted by Gasteiger charge is -2.09. The van der Waals surface area contributed by atoms with Gasteiger partial charge in [-0.05, 0) is 14.1 Å². The molecule has 0 aliphatic heterocycles. The predicted octanol–water partition coefficient (Wildman–Crippen LogP) is -1.28. The minimum atomic E-state index is -0.557. The second kappa shape index (κ2) is 5.01. The van der Waals surface area contributed by atoms with Crippen LogP contribution in [0.5, 0.6) is 0 Å². The molecule has 0 rings (SSSR count). The molecule has 5 heteroatoms. The summed E-state index contributed by atoms with van der Waals surface area (Å²) in [5.41, 5.74) is 9.70. The molecule has 5 nitrogen and oxygen atoms in total. The van der Waals surface area contributed by atoms with Gasteiger partial charge in [-0.1, -0.05) is 0 Å². The van der Waals surface area contributed by atoms with Crippen LogP contribution in [0.3, 0.4) is 0 Å². The molecule has 0 saturated carbocycles. The number of carbonyl (C=O) groups excluding carboxylic acids is 1. The van der Waals surface area contributed by atoms with E-state index in [1.807, 2.05) is 19.0 Å². The van der Waals surface area contributed by atoms with E-state index in [0.717, 1.165) is 6.54 Å². The van der Waals surface area contributed by atoms with E-state index >= 15 is 0 Å². The number of carbonyl (C=O) groups is 1. The number of hydrazine groups is 1. The summed E-state index contributed by atoms with van der Waals surface area (Å²) in [6.45, 7) is 1.55. The van der Waals surface area contributed by atoms with E-state index in [1.165, 1.54) is 0 Å². The Kier molecular flexibility index (Phi) is 4.61. The molecule has 0 aromatic heterocycles. The normalized spacial score (nSPS) is 9.90. The number of hydrogen-bond acceptors (Lipinski definition) is 3. The molecule has 0 aromatic rings. The number of likely N-dealkylation sites (N-methyl/N-ethyl adjacent to an activating group) is 1. The molecule has 0 aliphatic carbocycles. The predicted molar refractivity (Wildman–Crippen MR) is 39.3 cm³/mol. The molecule has 4 N–H and O–H groups in total. The van der Waals surface area contributed by atoms with Crippen molar-refractivity contribution in [1.29, 1.82) is 0 Å². The second-order valence-electron chi connectivity index (χ2n) is 2.22. The minimum Gasteiger partial charge on any atom is -0.351 e. The lowest BCUT2D eigenvalue weighted by molar-refractivity contribution is 0.243. The fourth-order valence-corrected chi connectivity index (χ4v) is 0.429. The summed E-state index contributed by atoms with van der Waals surface area (Å²) in [6.07, 6.45) is 0. The summed E-state index contributed by atoms with van der Waals surface area (Å²) in [5.74, 6) is 0. The Morgan fingerprint density at radius 1 is 1.60 bits per heavy atom. The summed E-state index contributed by atoms with van der Waals surface area (Å²) < 4.78 is 0. The number of urea groups is 1. The van der Waals surface area contributed by atoms with E-state index in [1.54, 1.807) is 0 Å². The van der Waals surface area contributed by atoms with Crippen molar-refractivity contribution in [2.24, 2.45) is 5.73 Å². The van der Waals surface area contributed by atoms with Gasteiger partial charge in [-0.2, -0.15) is 0 Å². The molecule has 60 valence electrons. The first-order valence-corrected chi connectivity index (χ1v) is 3.06. The molecule has 0 spiro atoms. The SMILES string of the molecule is CN(C)CCNNC(N)=O. The highest BCUT2D eigenvalue weighted by atomic mass is 16.2. The first-order valence-electron chi connectivity index (χ1n) is 3.06. The number of nitrogens with zero attached hydrogens (tertiary/aromatic N) is 1. The van der Waals surface area contributed by atoms with Crippen LogP contribution >= 0.6 is 0 Å². The number of rotatable bonds is 4. The summed E-state index contributed by atoms with van der Waals surface area (Å²) in [4.78, 5) is 12.1. The highest BCUT2D eigenvalue weighted by Crippen LogP contribution is 1.67. The second-order valence-corrected chi connectivity index (χ2v) is 2.22. The topological polar surface area (TPSA) is 70.4 Å². The van der Waals surface area contributed by atoms with Crippen LogP contribution in [0.2, 0.25) is 0 Å². The Labute approximate surface area is 60.5 Å². The van der Waals surface area contributed by atoms with Crippen LogP contribution in [0.1, 0.15) is 0 Å². The van der Waals surface area contributed by atoms with Crippen molar-refractivity contribution in [3.8, 4) is 0 Å². The van der Waals surface area contributed by atoms with Gasteiger partial charge in [0.15, 0.2) is 0 Å². The Bertz CT molecular complexity index is 104. The van der Waals surface area contributed by atoms with Crippen LogP contribution in [-0.4, -0.2) is 38.1 Å². The average Bonchev–Trinajstić information content (AvgIpc) is 1.79. The van der Waals surface area contributed by atoms with Gasteiger partial charge in [-0.3, -0.25) is 5.43 Å². The van der Waals surface area contributed by atoms with Crippen molar-refractivity contribution < 1.29 is 4.79 Å². The van der Waals surface area contributed by atoms with E-state index in [4.69, 9.17) is 5.73 Å². The van der Waals surface area contributed by atoms with Gasteiger partial charge in [0, 0.05) is 13.1 Å². The van der Waals surface area contributed by atoms with Gasteiger partial charge < -0.3 is 10.6 Å². The summed E-state index contributed by atoms with van der Waals surface area (Å²) in [6, 6.07) is -0.557. The monoisotopic (exact) mass is 146 g/mol. The standard InChI is InChI=1S/C5H14N4O/c1-9(2)4-3-7-8-5(6)10/h7H,3-4H2,1-2H3,(H3,6,8,10). The van der Waals surface area contributed by atoms with Crippen molar-refractivity contribution in [1.82, 2.24) is 15.8 Å². The number of primary amides is 1. The maximum absolute atomic E-state index is 10.1. The maximum atomic E-state index is 10.1. The molecule has 0 atom stereocenters. The molecule has 0 radical (unpaired) electrons. The molecule has 0 saturated heterocycles. The highest BCUT2D eigenvalue weighted by Gasteiger charge is 1.90. The fourth-order valence-electron chi connectivity index (χ4n) is 0.429. The number of nitrogens with one attached hydrogen (secondary N) is 2.